The predicted molar refractivity (Wildman–Crippen MR) is 71.3 cm³/mol. The van der Waals surface area contributed by atoms with Gasteiger partial charge in [-0.15, -0.1) is 17.5 Å². The summed E-state index contributed by atoms with van der Waals surface area (Å²) in [6, 6.07) is 3.72. The fourth-order valence-corrected chi connectivity index (χ4v) is 2.25. The molecular weight excluding hydrogens is 259 g/mol. The number of nitrogens with zero attached hydrogens (tertiary/aromatic N) is 3. The molecule has 1 atom stereocenters. The van der Waals surface area contributed by atoms with Crippen LogP contribution in [0, 0.1) is 5.92 Å². The third kappa shape index (κ3) is 4.39. The van der Waals surface area contributed by atoms with Gasteiger partial charge in [0.25, 0.3) is 0 Å². The third-order valence-corrected chi connectivity index (χ3v) is 3.21. The highest BCUT2D eigenvalue weighted by Gasteiger charge is 2.18. The van der Waals surface area contributed by atoms with Crippen molar-refractivity contribution in [1.82, 2.24) is 15.1 Å². The molecule has 0 radical (unpaired) electrons. The van der Waals surface area contributed by atoms with E-state index in [1.807, 2.05) is 6.07 Å². The lowest BCUT2D eigenvalue weighted by atomic mass is 9.98. The number of likely N-dealkylation sites (tertiary alicyclic amines) is 1. The Kier molecular flexibility index (Phi) is 6.12. The molecule has 1 unspecified atom stereocenters. The zero-order valence-electron chi connectivity index (χ0n) is 9.68. The van der Waals surface area contributed by atoms with Crippen molar-refractivity contribution >= 4 is 24.0 Å². The lowest BCUT2D eigenvalue weighted by Crippen LogP contribution is -2.38. The van der Waals surface area contributed by atoms with Crippen molar-refractivity contribution in [1.29, 1.82) is 0 Å². The van der Waals surface area contributed by atoms with Gasteiger partial charge >= 0.3 is 0 Å². The van der Waals surface area contributed by atoms with Gasteiger partial charge in [0, 0.05) is 13.1 Å². The minimum absolute atomic E-state index is 0. The van der Waals surface area contributed by atoms with Crippen molar-refractivity contribution in [3.8, 4) is 0 Å². The Morgan fingerprint density at radius 2 is 2.24 bits per heavy atom. The molecule has 0 saturated carbocycles. The number of hydrogen-bond acceptors (Lipinski definition) is 4. The molecule has 0 spiro atoms. The summed E-state index contributed by atoms with van der Waals surface area (Å²) >= 11 is 5.70. The summed E-state index contributed by atoms with van der Waals surface area (Å²) in [5, 5.41) is 8.36. The molecule has 0 bridgehead atoms. The Hall–Kier alpha value is -0.420. The maximum Gasteiger partial charge on any atom is 0.151 e. The van der Waals surface area contributed by atoms with Crippen LogP contribution in [0.4, 0.5) is 0 Å². The summed E-state index contributed by atoms with van der Waals surface area (Å²) in [6.45, 7) is 3.82. The van der Waals surface area contributed by atoms with Gasteiger partial charge in [0.15, 0.2) is 5.15 Å². The quantitative estimate of drug-likeness (QED) is 0.914. The molecule has 96 valence electrons. The molecule has 17 heavy (non-hydrogen) atoms. The number of piperidine rings is 1. The van der Waals surface area contributed by atoms with Gasteiger partial charge in [-0.3, -0.25) is 4.90 Å². The molecule has 1 saturated heterocycles. The van der Waals surface area contributed by atoms with Crippen LogP contribution in [0.3, 0.4) is 0 Å². The average molecular weight is 277 g/mol. The average Bonchev–Trinajstić information content (AvgIpc) is 2.32. The van der Waals surface area contributed by atoms with Crippen LogP contribution in [0.2, 0.25) is 5.15 Å². The fraction of sp³-hybridized carbons (Fsp3) is 0.636. The first kappa shape index (κ1) is 14.6. The standard InChI is InChI=1S/C11H17ClN4.ClH/c12-11-4-3-10(14-15-11)8-16-5-1-2-9(6-13)7-16;/h3-4,9H,1-2,5-8,13H2;1H. The highest BCUT2D eigenvalue weighted by atomic mass is 35.5. The highest BCUT2D eigenvalue weighted by Crippen LogP contribution is 2.17. The summed E-state index contributed by atoms with van der Waals surface area (Å²) in [7, 11) is 0. The van der Waals surface area contributed by atoms with Crippen LogP contribution < -0.4 is 5.73 Å². The fourth-order valence-electron chi connectivity index (χ4n) is 2.14. The number of nitrogens with two attached hydrogens (primary N) is 1. The van der Waals surface area contributed by atoms with Crippen LogP contribution in [-0.2, 0) is 6.54 Å². The number of aromatic nitrogens is 2. The highest BCUT2D eigenvalue weighted by molar-refractivity contribution is 6.29. The first-order valence-corrected chi connectivity index (χ1v) is 6.06. The van der Waals surface area contributed by atoms with E-state index in [0.29, 0.717) is 11.1 Å². The second-order valence-corrected chi connectivity index (χ2v) is 4.71. The van der Waals surface area contributed by atoms with Gasteiger partial charge in [0.05, 0.1) is 5.69 Å². The second-order valence-electron chi connectivity index (χ2n) is 4.33. The van der Waals surface area contributed by atoms with Crippen molar-refractivity contribution in [2.24, 2.45) is 11.7 Å². The number of halogens is 2. The minimum atomic E-state index is 0. The van der Waals surface area contributed by atoms with E-state index in [-0.39, 0.29) is 12.4 Å². The SMILES string of the molecule is Cl.NCC1CCCN(Cc2ccc(Cl)nn2)C1. The van der Waals surface area contributed by atoms with E-state index >= 15 is 0 Å². The summed E-state index contributed by atoms with van der Waals surface area (Å²) in [5.41, 5.74) is 6.68. The summed E-state index contributed by atoms with van der Waals surface area (Å²) < 4.78 is 0. The van der Waals surface area contributed by atoms with E-state index < -0.39 is 0 Å². The van der Waals surface area contributed by atoms with Crippen LogP contribution >= 0.6 is 24.0 Å². The van der Waals surface area contributed by atoms with Crippen molar-refractivity contribution in [3.05, 3.63) is 23.0 Å². The lowest BCUT2D eigenvalue weighted by molar-refractivity contribution is 0.169. The van der Waals surface area contributed by atoms with E-state index in [4.69, 9.17) is 17.3 Å². The Morgan fingerprint density at radius 1 is 1.41 bits per heavy atom. The first-order chi connectivity index (χ1) is 7.78. The molecule has 4 nitrogen and oxygen atoms in total. The Balaban J connectivity index is 0.00000144. The summed E-state index contributed by atoms with van der Waals surface area (Å²) in [4.78, 5) is 2.39. The molecule has 0 aromatic carbocycles. The van der Waals surface area contributed by atoms with Crippen LogP contribution in [0.1, 0.15) is 18.5 Å². The van der Waals surface area contributed by atoms with E-state index in [0.717, 1.165) is 31.9 Å². The van der Waals surface area contributed by atoms with Gasteiger partial charge in [0.1, 0.15) is 0 Å². The topological polar surface area (TPSA) is 55.0 Å². The van der Waals surface area contributed by atoms with Crippen LogP contribution in [0.25, 0.3) is 0 Å². The normalized spacial score (nSPS) is 20.9. The molecule has 0 aliphatic carbocycles. The smallest absolute Gasteiger partial charge is 0.151 e. The van der Waals surface area contributed by atoms with E-state index in [1.165, 1.54) is 12.8 Å². The van der Waals surface area contributed by atoms with E-state index in [9.17, 15) is 0 Å². The molecule has 2 N–H and O–H groups in total. The summed E-state index contributed by atoms with van der Waals surface area (Å²) in [5.74, 6) is 0.633. The molecule has 1 aromatic rings. The van der Waals surface area contributed by atoms with Crippen molar-refractivity contribution in [2.45, 2.75) is 19.4 Å². The molecule has 2 rings (SSSR count). The molecule has 1 aromatic heterocycles. The Bertz CT molecular complexity index is 331. The van der Waals surface area contributed by atoms with Gasteiger partial charge in [-0.1, -0.05) is 11.6 Å². The van der Waals surface area contributed by atoms with Gasteiger partial charge in [-0.25, -0.2) is 0 Å². The molecule has 6 heteroatoms. The first-order valence-electron chi connectivity index (χ1n) is 5.68. The van der Waals surface area contributed by atoms with Crippen molar-refractivity contribution < 1.29 is 0 Å². The zero-order chi connectivity index (χ0) is 11.4. The predicted octanol–water partition coefficient (Wildman–Crippen LogP) is 1.72. The molecule has 0 amide bonds. The van der Waals surface area contributed by atoms with Crippen molar-refractivity contribution in [2.75, 3.05) is 19.6 Å². The van der Waals surface area contributed by atoms with Gasteiger partial charge in [0.2, 0.25) is 0 Å². The Labute approximate surface area is 113 Å². The minimum Gasteiger partial charge on any atom is -0.330 e. The second kappa shape index (κ2) is 7.11. The molecule has 2 heterocycles. The molecular formula is C11H18Cl2N4. The van der Waals surface area contributed by atoms with E-state index in [1.54, 1.807) is 6.07 Å². The third-order valence-electron chi connectivity index (χ3n) is 3.01. The van der Waals surface area contributed by atoms with E-state index in [2.05, 4.69) is 15.1 Å². The molecule has 1 aliphatic heterocycles. The zero-order valence-corrected chi connectivity index (χ0v) is 11.3. The maximum absolute atomic E-state index is 5.71. The van der Waals surface area contributed by atoms with Crippen LogP contribution in [-0.4, -0.2) is 34.7 Å². The van der Waals surface area contributed by atoms with Crippen LogP contribution in [0.5, 0.6) is 0 Å². The van der Waals surface area contributed by atoms with Gasteiger partial charge in [-0.05, 0) is 44.0 Å². The van der Waals surface area contributed by atoms with Crippen LogP contribution in [0.15, 0.2) is 12.1 Å². The largest absolute Gasteiger partial charge is 0.330 e. The lowest BCUT2D eigenvalue weighted by Gasteiger charge is -2.31. The van der Waals surface area contributed by atoms with Crippen molar-refractivity contribution in [3.63, 3.8) is 0 Å². The number of hydrogen-bond donors (Lipinski definition) is 1. The Morgan fingerprint density at radius 3 is 2.88 bits per heavy atom. The monoisotopic (exact) mass is 276 g/mol. The maximum atomic E-state index is 5.71. The number of rotatable bonds is 3. The molecule has 1 fully saturated rings. The van der Waals surface area contributed by atoms with Gasteiger partial charge in [-0.2, -0.15) is 5.10 Å². The summed E-state index contributed by atoms with van der Waals surface area (Å²) in [6.07, 6.45) is 2.47. The van der Waals surface area contributed by atoms with Gasteiger partial charge < -0.3 is 5.73 Å². The molecule has 1 aliphatic rings.